The first-order valence-corrected chi connectivity index (χ1v) is 5.14. The standard InChI is InChI=1S/C10H19NO3/c1-11-4-2-8(3-5-11)9(7-12)6-10(13)14/h8-9,12H,2-7H2,1H3,(H,13,14). The Bertz CT molecular complexity index is 188. The van der Waals surface area contributed by atoms with E-state index in [4.69, 9.17) is 10.2 Å². The lowest BCUT2D eigenvalue weighted by Gasteiger charge is -2.32. The largest absolute Gasteiger partial charge is 0.481 e. The molecule has 0 aromatic rings. The fourth-order valence-corrected chi connectivity index (χ4v) is 2.10. The Kier molecular flexibility index (Phi) is 4.35. The Labute approximate surface area is 84.5 Å². The average Bonchev–Trinajstić information content (AvgIpc) is 2.15. The van der Waals surface area contributed by atoms with Gasteiger partial charge >= 0.3 is 5.97 Å². The van der Waals surface area contributed by atoms with Crippen molar-refractivity contribution in [3.8, 4) is 0 Å². The Balaban J connectivity index is 2.40. The van der Waals surface area contributed by atoms with Crippen molar-refractivity contribution in [3.63, 3.8) is 0 Å². The van der Waals surface area contributed by atoms with Crippen LogP contribution < -0.4 is 0 Å². The van der Waals surface area contributed by atoms with E-state index in [0.717, 1.165) is 25.9 Å². The molecule has 14 heavy (non-hydrogen) atoms. The maximum atomic E-state index is 10.6. The molecule has 0 spiro atoms. The van der Waals surface area contributed by atoms with E-state index in [1.807, 2.05) is 0 Å². The number of aliphatic hydroxyl groups excluding tert-OH is 1. The van der Waals surface area contributed by atoms with E-state index in [9.17, 15) is 4.79 Å². The quantitative estimate of drug-likeness (QED) is 0.691. The van der Waals surface area contributed by atoms with Crippen molar-refractivity contribution in [1.29, 1.82) is 0 Å². The van der Waals surface area contributed by atoms with Crippen LogP contribution in [0.1, 0.15) is 19.3 Å². The monoisotopic (exact) mass is 201 g/mol. The maximum absolute atomic E-state index is 10.6. The third kappa shape index (κ3) is 3.27. The van der Waals surface area contributed by atoms with E-state index in [-0.39, 0.29) is 18.9 Å². The van der Waals surface area contributed by atoms with Gasteiger partial charge in [-0.2, -0.15) is 0 Å². The summed E-state index contributed by atoms with van der Waals surface area (Å²) in [6.45, 7) is 2.03. The van der Waals surface area contributed by atoms with E-state index >= 15 is 0 Å². The average molecular weight is 201 g/mol. The van der Waals surface area contributed by atoms with E-state index < -0.39 is 5.97 Å². The fourth-order valence-electron chi connectivity index (χ4n) is 2.10. The summed E-state index contributed by atoms with van der Waals surface area (Å²) in [5.74, 6) is -0.475. The Morgan fingerprint density at radius 3 is 2.50 bits per heavy atom. The molecule has 82 valence electrons. The highest BCUT2D eigenvalue weighted by atomic mass is 16.4. The molecule has 0 bridgehead atoms. The van der Waals surface area contributed by atoms with Crippen LogP contribution in [0.2, 0.25) is 0 Å². The van der Waals surface area contributed by atoms with Crippen molar-refractivity contribution in [3.05, 3.63) is 0 Å². The summed E-state index contributed by atoms with van der Waals surface area (Å²) in [6.07, 6.45) is 2.12. The van der Waals surface area contributed by atoms with Crippen LogP contribution >= 0.6 is 0 Å². The van der Waals surface area contributed by atoms with Crippen LogP contribution in [0.3, 0.4) is 0 Å². The molecule has 1 aliphatic heterocycles. The van der Waals surface area contributed by atoms with Crippen LogP contribution in [0.4, 0.5) is 0 Å². The summed E-state index contributed by atoms with van der Waals surface area (Å²) < 4.78 is 0. The molecule has 1 heterocycles. The number of carboxylic acids is 1. The summed E-state index contributed by atoms with van der Waals surface area (Å²) in [4.78, 5) is 12.8. The molecule has 1 aliphatic rings. The van der Waals surface area contributed by atoms with Gasteiger partial charge in [-0.05, 0) is 44.8 Å². The number of hydrogen-bond acceptors (Lipinski definition) is 3. The number of piperidine rings is 1. The number of nitrogens with zero attached hydrogens (tertiary/aromatic N) is 1. The summed E-state index contributed by atoms with van der Waals surface area (Å²) in [7, 11) is 2.07. The molecule has 0 radical (unpaired) electrons. The van der Waals surface area contributed by atoms with Crippen LogP contribution in [0, 0.1) is 11.8 Å². The van der Waals surface area contributed by atoms with Gasteiger partial charge in [-0.3, -0.25) is 4.79 Å². The van der Waals surface area contributed by atoms with E-state index in [1.165, 1.54) is 0 Å². The summed E-state index contributed by atoms with van der Waals surface area (Å²) >= 11 is 0. The lowest BCUT2D eigenvalue weighted by atomic mass is 9.83. The third-order valence-electron chi connectivity index (χ3n) is 3.10. The fraction of sp³-hybridized carbons (Fsp3) is 0.900. The van der Waals surface area contributed by atoms with Crippen molar-refractivity contribution in [1.82, 2.24) is 4.90 Å². The van der Waals surface area contributed by atoms with Crippen molar-refractivity contribution in [2.75, 3.05) is 26.7 Å². The number of aliphatic carboxylic acids is 1. The molecule has 1 atom stereocenters. The lowest BCUT2D eigenvalue weighted by Crippen LogP contribution is -2.35. The van der Waals surface area contributed by atoms with Crippen LogP contribution in [-0.2, 0) is 4.79 Å². The molecule has 4 heteroatoms. The van der Waals surface area contributed by atoms with E-state index in [0.29, 0.717) is 5.92 Å². The smallest absolute Gasteiger partial charge is 0.303 e. The highest BCUT2D eigenvalue weighted by Crippen LogP contribution is 2.26. The number of hydrogen-bond donors (Lipinski definition) is 2. The van der Waals surface area contributed by atoms with Crippen LogP contribution in [0.25, 0.3) is 0 Å². The molecule has 0 aromatic carbocycles. The van der Waals surface area contributed by atoms with E-state index in [2.05, 4.69) is 11.9 Å². The molecule has 1 rings (SSSR count). The first kappa shape index (κ1) is 11.5. The van der Waals surface area contributed by atoms with Gasteiger partial charge in [-0.1, -0.05) is 0 Å². The molecule has 0 amide bonds. The predicted molar refractivity (Wildman–Crippen MR) is 53.0 cm³/mol. The Morgan fingerprint density at radius 2 is 2.07 bits per heavy atom. The number of likely N-dealkylation sites (tertiary alicyclic amines) is 1. The van der Waals surface area contributed by atoms with Crippen molar-refractivity contribution in [2.45, 2.75) is 19.3 Å². The minimum atomic E-state index is -0.803. The first-order valence-electron chi connectivity index (χ1n) is 5.14. The topological polar surface area (TPSA) is 60.8 Å². The minimum absolute atomic E-state index is 0.000676. The number of rotatable bonds is 4. The summed E-state index contributed by atoms with van der Waals surface area (Å²) in [5, 5.41) is 17.8. The van der Waals surface area contributed by atoms with Gasteiger partial charge in [0.1, 0.15) is 0 Å². The van der Waals surface area contributed by atoms with E-state index in [1.54, 1.807) is 0 Å². The van der Waals surface area contributed by atoms with Crippen LogP contribution in [-0.4, -0.2) is 47.8 Å². The zero-order chi connectivity index (χ0) is 10.6. The second-order valence-electron chi connectivity index (χ2n) is 4.18. The van der Waals surface area contributed by atoms with Gasteiger partial charge in [-0.15, -0.1) is 0 Å². The number of aliphatic hydroxyl groups is 1. The highest BCUT2D eigenvalue weighted by Gasteiger charge is 2.26. The number of carbonyl (C=O) groups is 1. The molecule has 0 aliphatic carbocycles. The second-order valence-corrected chi connectivity index (χ2v) is 4.18. The van der Waals surface area contributed by atoms with Gasteiger partial charge in [0.15, 0.2) is 0 Å². The predicted octanol–water partition coefficient (Wildman–Crippen LogP) is 0.411. The van der Waals surface area contributed by atoms with Gasteiger partial charge in [0.05, 0.1) is 6.42 Å². The van der Waals surface area contributed by atoms with Gasteiger partial charge in [0, 0.05) is 6.61 Å². The van der Waals surface area contributed by atoms with Gasteiger partial charge < -0.3 is 15.1 Å². The third-order valence-corrected chi connectivity index (χ3v) is 3.10. The lowest BCUT2D eigenvalue weighted by molar-refractivity contribution is -0.139. The van der Waals surface area contributed by atoms with Crippen molar-refractivity contribution >= 4 is 5.97 Å². The van der Waals surface area contributed by atoms with Crippen molar-refractivity contribution in [2.24, 2.45) is 11.8 Å². The maximum Gasteiger partial charge on any atom is 0.303 e. The SMILES string of the molecule is CN1CCC(C(CO)CC(=O)O)CC1. The Hall–Kier alpha value is -0.610. The molecule has 0 aromatic heterocycles. The van der Waals surface area contributed by atoms with Crippen LogP contribution in [0.5, 0.6) is 0 Å². The van der Waals surface area contributed by atoms with Crippen LogP contribution in [0.15, 0.2) is 0 Å². The van der Waals surface area contributed by atoms with Gasteiger partial charge in [-0.25, -0.2) is 0 Å². The van der Waals surface area contributed by atoms with Gasteiger partial charge in [0.25, 0.3) is 0 Å². The molecule has 1 fully saturated rings. The zero-order valence-electron chi connectivity index (χ0n) is 8.65. The molecule has 1 saturated heterocycles. The molecule has 2 N–H and O–H groups in total. The highest BCUT2D eigenvalue weighted by molar-refractivity contribution is 5.67. The Morgan fingerprint density at radius 1 is 1.50 bits per heavy atom. The molecule has 0 saturated carbocycles. The molecule has 4 nitrogen and oxygen atoms in total. The minimum Gasteiger partial charge on any atom is -0.481 e. The normalized spacial score (nSPS) is 22.1. The summed E-state index contributed by atoms with van der Waals surface area (Å²) in [6, 6.07) is 0. The summed E-state index contributed by atoms with van der Waals surface area (Å²) in [5.41, 5.74) is 0. The van der Waals surface area contributed by atoms with Crippen molar-refractivity contribution < 1.29 is 15.0 Å². The molecule has 1 unspecified atom stereocenters. The molecular formula is C10H19NO3. The zero-order valence-corrected chi connectivity index (χ0v) is 8.65. The van der Waals surface area contributed by atoms with Gasteiger partial charge in [0.2, 0.25) is 0 Å². The number of carboxylic acid groups (broad SMARTS) is 1. The second kappa shape index (κ2) is 5.32. The first-order chi connectivity index (χ1) is 6.63. The molecular weight excluding hydrogens is 182 g/mol.